The van der Waals surface area contributed by atoms with E-state index in [1.165, 1.54) is 0 Å². The normalized spacial score (nSPS) is 15.0. The zero-order valence-electron chi connectivity index (χ0n) is 19.6. The summed E-state index contributed by atoms with van der Waals surface area (Å²) in [5.74, 6) is 2.75. The Morgan fingerprint density at radius 2 is 2.06 bits per heavy atom. The SMILES string of the molecule is CCCSc1nc2n(n1)C(c1ccc(OCc3cccc(Br)c3)c(OC)c1)C(C(C)=O)=C(C)N2. The number of benzene rings is 2. The van der Waals surface area contributed by atoms with Crippen LogP contribution in [0.1, 0.15) is 44.4 Å². The Hall–Kier alpha value is -2.78. The third kappa shape index (κ3) is 5.15. The molecule has 9 heteroatoms. The molecular weight excluding hydrogens is 516 g/mol. The van der Waals surface area contributed by atoms with E-state index in [0.29, 0.717) is 34.8 Å². The molecule has 34 heavy (non-hydrogen) atoms. The van der Waals surface area contributed by atoms with Crippen LogP contribution < -0.4 is 14.8 Å². The Balaban J connectivity index is 1.68. The van der Waals surface area contributed by atoms with Crippen molar-refractivity contribution in [2.75, 3.05) is 18.2 Å². The number of halogens is 1. The quantitative estimate of drug-likeness (QED) is 0.331. The predicted molar refractivity (Wildman–Crippen MR) is 138 cm³/mol. The summed E-state index contributed by atoms with van der Waals surface area (Å²) in [4.78, 5) is 17.3. The number of carbonyl (C=O) groups is 1. The molecule has 2 aromatic carbocycles. The van der Waals surface area contributed by atoms with Crippen molar-refractivity contribution in [1.29, 1.82) is 0 Å². The first-order valence-electron chi connectivity index (χ1n) is 11.0. The van der Waals surface area contributed by atoms with Crippen molar-refractivity contribution in [3.8, 4) is 11.5 Å². The van der Waals surface area contributed by atoms with Crippen molar-refractivity contribution in [2.24, 2.45) is 0 Å². The van der Waals surface area contributed by atoms with Crippen LogP contribution in [-0.2, 0) is 11.4 Å². The van der Waals surface area contributed by atoms with Crippen molar-refractivity contribution in [3.63, 3.8) is 0 Å². The van der Waals surface area contributed by atoms with Gasteiger partial charge >= 0.3 is 0 Å². The first kappa shape index (κ1) is 24.3. The first-order valence-corrected chi connectivity index (χ1v) is 12.8. The molecule has 4 rings (SSSR count). The standard InChI is InChI=1S/C25H27BrN4O3S/c1-5-11-34-25-28-24-27-15(2)22(16(3)31)23(30(24)29-25)18-9-10-20(21(13-18)32-4)33-14-17-7-6-8-19(26)12-17/h6-10,12-13,23H,5,11,14H2,1-4H3,(H,27,28,29). The molecule has 1 aliphatic heterocycles. The van der Waals surface area contributed by atoms with Crippen LogP contribution in [0.25, 0.3) is 0 Å². The number of anilines is 1. The number of nitrogens with zero attached hydrogens (tertiary/aromatic N) is 3. The Kier molecular flexibility index (Phi) is 7.63. The van der Waals surface area contributed by atoms with Crippen LogP contribution in [0.2, 0.25) is 0 Å². The van der Waals surface area contributed by atoms with Gasteiger partial charge in [-0.15, -0.1) is 5.10 Å². The van der Waals surface area contributed by atoms with Crippen LogP contribution in [0.4, 0.5) is 5.95 Å². The highest BCUT2D eigenvalue weighted by Crippen LogP contribution is 2.39. The van der Waals surface area contributed by atoms with Gasteiger partial charge in [-0.1, -0.05) is 52.8 Å². The molecule has 1 unspecified atom stereocenters. The zero-order chi connectivity index (χ0) is 24.2. The van der Waals surface area contributed by atoms with Crippen molar-refractivity contribution in [3.05, 3.63) is 69.3 Å². The summed E-state index contributed by atoms with van der Waals surface area (Å²) in [5, 5.41) is 8.65. The van der Waals surface area contributed by atoms with E-state index < -0.39 is 6.04 Å². The maximum Gasteiger partial charge on any atom is 0.227 e. The summed E-state index contributed by atoms with van der Waals surface area (Å²) in [7, 11) is 1.61. The van der Waals surface area contributed by atoms with Gasteiger partial charge in [0.25, 0.3) is 0 Å². The molecule has 0 spiro atoms. The predicted octanol–water partition coefficient (Wildman–Crippen LogP) is 6.01. The fraction of sp³-hybridized carbons (Fsp3) is 0.320. The maximum atomic E-state index is 12.7. The summed E-state index contributed by atoms with van der Waals surface area (Å²) in [6.45, 7) is 6.00. The van der Waals surface area contributed by atoms with Crippen molar-refractivity contribution < 1.29 is 14.3 Å². The van der Waals surface area contributed by atoms with E-state index in [1.807, 2.05) is 49.4 Å². The average molecular weight is 543 g/mol. The van der Waals surface area contributed by atoms with Gasteiger partial charge in [0.15, 0.2) is 17.3 Å². The second-order valence-electron chi connectivity index (χ2n) is 7.96. The van der Waals surface area contributed by atoms with Gasteiger partial charge in [-0.3, -0.25) is 4.79 Å². The fourth-order valence-electron chi connectivity index (χ4n) is 3.91. The van der Waals surface area contributed by atoms with Crippen LogP contribution in [0, 0.1) is 0 Å². The van der Waals surface area contributed by atoms with Gasteiger partial charge in [0.1, 0.15) is 12.6 Å². The van der Waals surface area contributed by atoms with Crippen LogP contribution in [0.15, 0.2) is 63.4 Å². The van der Waals surface area contributed by atoms with Gasteiger partial charge in [-0.2, -0.15) is 4.98 Å². The average Bonchev–Trinajstić information content (AvgIpc) is 3.22. The molecule has 1 aromatic heterocycles. The number of thioether (sulfide) groups is 1. The van der Waals surface area contributed by atoms with Crippen LogP contribution in [0.3, 0.4) is 0 Å². The number of hydrogen-bond acceptors (Lipinski definition) is 7. The number of methoxy groups -OCH3 is 1. The van der Waals surface area contributed by atoms with Crippen LogP contribution in [-0.4, -0.2) is 33.4 Å². The van der Waals surface area contributed by atoms with E-state index in [2.05, 4.69) is 33.2 Å². The van der Waals surface area contributed by atoms with Gasteiger partial charge in [0.05, 0.1) is 7.11 Å². The molecule has 1 atom stereocenters. The molecular formula is C25H27BrN4O3S. The minimum Gasteiger partial charge on any atom is -0.493 e. The number of aromatic nitrogens is 3. The van der Waals surface area contributed by atoms with Gasteiger partial charge in [0.2, 0.25) is 11.1 Å². The monoisotopic (exact) mass is 542 g/mol. The molecule has 0 saturated heterocycles. The minimum absolute atomic E-state index is 0.0205. The Labute approximate surface area is 212 Å². The lowest BCUT2D eigenvalue weighted by atomic mass is 9.93. The summed E-state index contributed by atoms with van der Waals surface area (Å²) >= 11 is 5.09. The Bertz CT molecular complexity index is 1240. The van der Waals surface area contributed by atoms with Gasteiger partial charge in [-0.25, -0.2) is 4.68 Å². The number of carbonyl (C=O) groups excluding carboxylic acids is 1. The Morgan fingerprint density at radius 1 is 1.24 bits per heavy atom. The van der Waals surface area contributed by atoms with Crippen molar-refractivity contribution in [2.45, 2.75) is 45.0 Å². The molecule has 2 heterocycles. The fourth-order valence-corrected chi connectivity index (χ4v) is 5.04. The molecule has 0 saturated carbocycles. The summed E-state index contributed by atoms with van der Waals surface area (Å²) in [6.07, 6.45) is 1.03. The summed E-state index contributed by atoms with van der Waals surface area (Å²) in [5.41, 5.74) is 3.34. The summed E-state index contributed by atoms with van der Waals surface area (Å²) in [6, 6.07) is 13.3. The molecule has 0 amide bonds. The lowest BCUT2D eigenvalue weighted by molar-refractivity contribution is -0.114. The molecule has 0 fully saturated rings. The summed E-state index contributed by atoms with van der Waals surface area (Å²) < 4.78 is 14.5. The van der Waals surface area contributed by atoms with Crippen LogP contribution in [0.5, 0.6) is 11.5 Å². The lowest BCUT2D eigenvalue weighted by Gasteiger charge is -2.28. The maximum absolute atomic E-state index is 12.7. The smallest absolute Gasteiger partial charge is 0.227 e. The van der Waals surface area contributed by atoms with Gasteiger partial charge in [0, 0.05) is 21.5 Å². The third-order valence-corrected chi connectivity index (χ3v) is 6.97. The van der Waals surface area contributed by atoms with Gasteiger partial charge < -0.3 is 14.8 Å². The van der Waals surface area contributed by atoms with Crippen molar-refractivity contribution in [1.82, 2.24) is 14.8 Å². The third-order valence-electron chi connectivity index (χ3n) is 5.43. The van der Waals surface area contributed by atoms with E-state index in [1.54, 1.807) is 30.5 Å². The second kappa shape index (κ2) is 10.7. The number of allylic oxidation sites excluding steroid dienone is 2. The second-order valence-corrected chi connectivity index (χ2v) is 9.94. The number of nitrogens with one attached hydrogen (secondary N) is 1. The molecule has 1 aliphatic rings. The van der Waals surface area contributed by atoms with E-state index in [9.17, 15) is 4.79 Å². The molecule has 0 radical (unpaired) electrons. The minimum atomic E-state index is -0.412. The highest BCUT2D eigenvalue weighted by Gasteiger charge is 2.33. The van der Waals surface area contributed by atoms with Crippen LogP contribution >= 0.6 is 27.7 Å². The number of Topliss-reactive ketones (excluding diaryl/α,β-unsaturated/α-hetero) is 1. The van der Waals surface area contributed by atoms with E-state index in [-0.39, 0.29) is 5.78 Å². The molecule has 178 valence electrons. The number of hydrogen-bond donors (Lipinski definition) is 1. The lowest BCUT2D eigenvalue weighted by Crippen LogP contribution is -2.27. The molecule has 0 bridgehead atoms. The van der Waals surface area contributed by atoms with Gasteiger partial charge in [-0.05, 0) is 55.7 Å². The van der Waals surface area contributed by atoms with E-state index >= 15 is 0 Å². The van der Waals surface area contributed by atoms with E-state index in [4.69, 9.17) is 14.6 Å². The number of rotatable bonds is 9. The van der Waals surface area contributed by atoms with Crippen molar-refractivity contribution >= 4 is 39.4 Å². The highest BCUT2D eigenvalue weighted by atomic mass is 79.9. The number of ether oxygens (including phenoxy) is 2. The zero-order valence-corrected chi connectivity index (χ0v) is 22.0. The topological polar surface area (TPSA) is 78.3 Å². The molecule has 0 aliphatic carbocycles. The van der Waals surface area contributed by atoms with E-state index in [0.717, 1.165) is 33.5 Å². The largest absolute Gasteiger partial charge is 0.493 e. The Morgan fingerprint density at radius 3 is 2.76 bits per heavy atom. The molecule has 1 N–H and O–H groups in total. The molecule has 3 aromatic rings. The first-order chi connectivity index (χ1) is 16.4. The molecule has 7 nitrogen and oxygen atoms in total. The highest BCUT2D eigenvalue weighted by molar-refractivity contribution is 9.10. The number of ketones is 1. The number of fused-ring (bicyclic) bond motifs is 1.